The SMILES string of the molecule is Cc1ccccc1-c1nc(CNC(=O)/C=C/c2coc3ccccc3c2=O)cs1. The van der Waals surface area contributed by atoms with Gasteiger partial charge in [-0.1, -0.05) is 36.4 Å². The number of aryl methyl sites for hydroxylation is 1. The zero-order chi connectivity index (χ0) is 20.2. The number of hydrogen-bond acceptors (Lipinski definition) is 5. The summed E-state index contributed by atoms with van der Waals surface area (Å²) in [6.45, 7) is 2.37. The minimum atomic E-state index is -0.303. The lowest BCUT2D eigenvalue weighted by atomic mass is 10.1. The summed E-state index contributed by atoms with van der Waals surface area (Å²) in [5.74, 6) is -0.303. The third-order valence-electron chi connectivity index (χ3n) is 4.49. The molecule has 4 aromatic rings. The Morgan fingerprint density at radius 1 is 1.17 bits per heavy atom. The maximum Gasteiger partial charge on any atom is 0.244 e. The molecule has 2 heterocycles. The van der Waals surface area contributed by atoms with Crippen LogP contribution in [0.2, 0.25) is 0 Å². The molecule has 1 amide bonds. The minimum Gasteiger partial charge on any atom is -0.463 e. The van der Waals surface area contributed by atoms with E-state index in [9.17, 15) is 9.59 Å². The Morgan fingerprint density at radius 2 is 1.97 bits per heavy atom. The molecule has 0 unspecified atom stereocenters. The van der Waals surface area contributed by atoms with Crippen molar-refractivity contribution in [1.82, 2.24) is 10.3 Å². The van der Waals surface area contributed by atoms with Gasteiger partial charge in [0, 0.05) is 17.0 Å². The third kappa shape index (κ3) is 4.17. The molecule has 1 N–H and O–H groups in total. The highest BCUT2D eigenvalue weighted by molar-refractivity contribution is 7.13. The first-order valence-corrected chi connectivity index (χ1v) is 9.96. The van der Waals surface area contributed by atoms with E-state index < -0.39 is 0 Å². The molecule has 0 aliphatic rings. The van der Waals surface area contributed by atoms with Crippen LogP contribution in [0.25, 0.3) is 27.6 Å². The number of fused-ring (bicyclic) bond motifs is 1. The number of carbonyl (C=O) groups excluding carboxylic acids is 1. The molecule has 0 bridgehead atoms. The van der Waals surface area contributed by atoms with Gasteiger partial charge in [0.25, 0.3) is 0 Å². The lowest BCUT2D eigenvalue weighted by Gasteiger charge is -2.01. The van der Waals surface area contributed by atoms with E-state index in [1.54, 1.807) is 35.6 Å². The van der Waals surface area contributed by atoms with Crippen LogP contribution in [0.3, 0.4) is 0 Å². The summed E-state index contributed by atoms with van der Waals surface area (Å²) < 4.78 is 5.45. The summed E-state index contributed by atoms with van der Waals surface area (Å²) in [7, 11) is 0. The third-order valence-corrected chi connectivity index (χ3v) is 5.42. The van der Waals surface area contributed by atoms with Gasteiger partial charge in [-0.25, -0.2) is 4.98 Å². The average Bonchev–Trinajstić information content (AvgIpc) is 3.21. The molecule has 0 aliphatic heterocycles. The summed E-state index contributed by atoms with van der Waals surface area (Å²) in [4.78, 5) is 29.2. The van der Waals surface area contributed by atoms with Gasteiger partial charge in [-0.05, 0) is 30.7 Å². The fourth-order valence-corrected chi connectivity index (χ4v) is 3.84. The van der Waals surface area contributed by atoms with Crippen molar-refractivity contribution in [3.8, 4) is 10.6 Å². The normalized spacial score (nSPS) is 11.2. The molecule has 0 aliphatic carbocycles. The lowest BCUT2D eigenvalue weighted by Crippen LogP contribution is -2.20. The smallest absolute Gasteiger partial charge is 0.244 e. The van der Waals surface area contributed by atoms with Crippen molar-refractivity contribution in [1.29, 1.82) is 0 Å². The van der Waals surface area contributed by atoms with E-state index in [0.29, 0.717) is 23.1 Å². The first-order valence-electron chi connectivity index (χ1n) is 9.08. The van der Waals surface area contributed by atoms with Crippen LogP contribution in [0.5, 0.6) is 0 Å². The summed E-state index contributed by atoms with van der Waals surface area (Å²) in [6, 6.07) is 15.1. The molecule has 2 aromatic heterocycles. The Morgan fingerprint density at radius 3 is 2.83 bits per heavy atom. The number of amides is 1. The second kappa shape index (κ2) is 8.24. The predicted molar refractivity (Wildman–Crippen MR) is 116 cm³/mol. The Bertz CT molecular complexity index is 1270. The van der Waals surface area contributed by atoms with Crippen LogP contribution in [0.1, 0.15) is 16.8 Å². The van der Waals surface area contributed by atoms with Crippen LogP contribution in [0.15, 0.2) is 75.5 Å². The van der Waals surface area contributed by atoms with Crippen LogP contribution in [0.4, 0.5) is 0 Å². The second-order valence-corrected chi connectivity index (χ2v) is 7.38. The van der Waals surface area contributed by atoms with E-state index in [1.807, 2.05) is 36.6 Å². The number of aromatic nitrogens is 1. The molecule has 4 rings (SSSR count). The number of para-hydroxylation sites is 1. The van der Waals surface area contributed by atoms with Gasteiger partial charge in [0.05, 0.1) is 23.2 Å². The Labute approximate surface area is 171 Å². The standard InChI is InChI=1S/C23H18N2O3S/c1-15-6-2-3-7-18(15)23-25-17(14-29-23)12-24-21(26)11-10-16-13-28-20-9-5-4-8-19(20)22(16)27/h2-11,13-14H,12H2,1H3,(H,24,26)/b11-10+. The Hall–Kier alpha value is -3.51. The molecular formula is C23H18N2O3S. The average molecular weight is 402 g/mol. The van der Waals surface area contributed by atoms with Crippen LogP contribution in [0, 0.1) is 6.92 Å². The number of nitrogens with one attached hydrogen (secondary N) is 1. The number of benzene rings is 2. The molecule has 0 spiro atoms. The molecule has 0 saturated carbocycles. The highest BCUT2D eigenvalue weighted by Gasteiger charge is 2.08. The van der Waals surface area contributed by atoms with Crippen LogP contribution < -0.4 is 10.7 Å². The molecule has 0 fully saturated rings. The lowest BCUT2D eigenvalue weighted by molar-refractivity contribution is -0.116. The van der Waals surface area contributed by atoms with Crippen molar-refractivity contribution in [3.05, 3.63) is 93.3 Å². The van der Waals surface area contributed by atoms with Crippen molar-refractivity contribution in [2.75, 3.05) is 0 Å². The zero-order valence-corrected chi connectivity index (χ0v) is 16.5. The van der Waals surface area contributed by atoms with Gasteiger partial charge in [-0.15, -0.1) is 11.3 Å². The van der Waals surface area contributed by atoms with E-state index >= 15 is 0 Å². The number of nitrogens with zero attached hydrogens (tertiary/aromatic N) is 1. The van der Waals surface area contributed by atoms with Crippen molar-refractivity contribution in [3.63, 3.8) is 0 Å². The molecular weight excluding hydrogens is 384 g/mol. The highest BCUT2D eigenvalue weighted by Crippen LogP contribution is 2.26. The maximum atomic E-state index is 12.4. The minimum absolute atomic E-state index is 0.168. The number of thiazole rings is 1. The number of carbonyl (C=O) groups is 1. The topological polar surface area (TPSA) is 72.2 Å². The fourth-order valence-electron chi connectivity index (χ4n) is 2.93. The van der Waals surface area contributed by atoms with Gasteiger partial charge in [-0.3, -0.25) is 9.59 Å². The van der Waals surface area contributed by atoms with Crippen molar-refractivity contribution in [2.45, 2.75) is 13.5 Å². The van der Waals surface area contributed by atoms with Gasteiger partial charge in [0.15, 0.2) is 5.43 Å². The van der Waals surface area contributed by atoms with Gasteiger partial charge in [0.1, 0.15) is 16.9 Å². The molecule has 2 aromatic carbocycles. The summed E-state index contributed by atoms with van der Waals surface area (Å²) in [5.41, 5.74) is 3.73. The Kier molecular flexibility index (Phi) is 5.35. The second-order valence-electron chi connectivity index (χ2n) is 6.53. The molecule has 0 saturated heterocycles. The molecule has 29 heavy (non-hydrogen) atoms. The first-order chi connectivity index (χ1) is 14.1. The van der Waals surface area contributed by atoms with Gasteiger partial charge in [0.2, 0.25) is 5.91 Å². The monoisotopic (exact) mass is 402 g/mol. The molecule has 0 radical (unpaired) electrons. The predicted octanol–water partition coefficient (Wildman–Crippen LogP) is 4.55. The summed E-state index contributed by atoms with van der Waals surface area (Å²) in [6.07, 6.45) is 4.16. The van der Waals surface area contributed by atoms with E-state index in [0.717, 1.165) is 21.8 Å². The quantitative estimate of drug-likeness (QED) is 0.497. The fraction of sp³-hybridized carbons (Fsp3) is 0.0870. The number of hydrogen-bond donors (Lipinski definition) is 1. The molecule has 0 atom stereocenters. The van der Waals surface area contributed by atoms with E-state index in [4.69, 9.17) is 4.42 Å². The van der Waals surface area contributed by atoms with Gasteiger partial charge in [-0.2, -0.15) is 0 Å². The first kappa shape index (κ1) is 18.8. The summed E-state index contributed by atoms with van der Waals surface area (Å²) in [5, 5.41) is 6.14. The highest BCUT2D eigenvalue weighted by atomic mass is 32.1. The van der Waals surface area contributed by atoms with Gasteiger partial charge < -0.3 is 9.73 Å². The van der Waals surface area contributed by atoms with Gasteiger partial charge >= 0.3 is 0 Å². The van der Waals surface area contributed by atoms with Crippen molar-refractivity contribution in [2.24, 2.45) is 0 Å². The van der Waals surface area contributed by atoms with E-state index in [-0.39, 0.29) is 11.3 Å². The van der Waals surface area contributed by atoms with Crippen molar-refractivity contribution >= 4 is 34.3 Å². The maximum absolute atomic E-state index is 12.4. The van der Waals surface area contributed by atoms with E-state index in [1.165, 1.54) is 18.4 Å². The zero-order valence-electron chi connectivity index (χ0n) is 15.7. The van der Waals surface area contributed by atoms with Crippen LogP contribution >= 0.6 is 11.3 Å². The summed E-state index contributed by atoms with van der Waals surface area (Å²) >= 11 is 1.55. The number of rotatable bonds is 5. The van der Waals surface area contributed by atoms with Crippen LogP contribution in [-0.4, -0.2) is 10.9 Å². The van der Waals surface area contributed by atoms with Crippen LogP contribution in [-0.2, 0) is 11.3 Å². The molecule has 6 heteroatoms. The Balaban J connectivity index is 1.42. The largest absolute Gasteiger partial charge is 0.463 e. The van der Waals surface area contributed by atoms with Crippen molar-refractivity contribution < 1.29 is 9.21 Å². The molecule has 144 valence electrons. The molecule has 5 nitrogen and oxygen atoms in total. The van der Waals surface area contributed by atoms with E-state index in [2.05, 4.69) is 10.3 Å².